The van der Waals surface area contributed by atoms with Gasteiger partial charge in [0.2, 0.25) is 5.91 Å². The molecule has 0 spiro atoms. The molecule has 1 heterocycles. The average molecular weight is 386 g/mol. The number of imide groups is 1. The first-order chi connectivity index (χ1) is 13.0. The molecule has 1 saturated heterocycles. The number of rotatable bonds is 7. The van der Waals surface area contributed by atoms with E-state index in [2.05, 4.69) is 5.32 Å². The minimum absolute atomic E-state index is 0.0721. The van der Waals surface area contributed by atoms with Crippen molar-refractivity contribution in [1.29, 1.82) is 0 Å². The number of hydrogen-bond donors (Lipinski definition) is 1. The number of amides is 3. The quantitative estimate of drug-likeness (QED) is 0.729. The van der Waals surface area contributed by atoms with Gasteiger partial charge in [-0.15, -0.1) is 0 Å². The minimum Gasteiger partial charge on any atom is -0.455 e. The number of carbonyl (C=O) groups is 4. The van der Waals surface area contributed by atoms with Gasteiger partial charge in [0.25, 0.3) is 11.1 Å². The molecule has 140 valence electrons. The van der Waals surface area contributed by atoms with E-state index >= 15 is 0 Å². The van der Waals surface area contributed by atoms with Crippen molar-refractivity contribution < 1.29 is 23.9 Å². The number of nitrogens with one attached hydrogen (secondary N) is 1. The Morgan fingerprint density at radius 2 is 1.89 bits per heavy atom. The maximum absolute atomic E-state index is 12.0. The topological polar surface area (TPSA) is 92.8 Å². The van der Waals surface area contributed by atoms with Crippen LogP contribution in [-0.2, 0) is 25.5 Å². The van der Waals surface area contributed by atoms with E-state index in [1.807, 2.05) is 42.5 Å². The van der Waals surface area contributed by atoms with Crippen LogP contribution in [0.4, 0.5) is 4.79 Å². The largest absolute Gasteiger partial charge is 0.455 e. The molecule has 0 unspecified atom stereocenters. The molecule has 0 bridgehead atoms. The molecule has 7 nitrogen and oxygen atoms in total. The summed E-state index contributed by atoms with van der Waals surface area (Å²) in [5.41, 5.74) is 0.835. The van der Waals surface area contributed by atoms with E-state index in [4.69, 9.17) is 4.74 Å². The summed E-state index contributed by atoms with van der Waals surface area (Å²) >= 11 is 0.943. The lowest BCUT2D eigenvalue weighted by Crippen LogP contribution is -2.38. The highest BCUT2D eigenvalue weighted by Gasteiger charge is 2.29. The second-order valence-corrected chi connectivity index (χ2v) is 6.85. The SMILES string of the molecule is O=C(COC(=O)Cc1cccc2ccccc12)NCCN1C(=O)CSC1=O. The first kappa shape index (κ1) is 18.9. The molecule has 8 heteroatoms. The smallest absolute Gasteiger partial charge is 0.310 e. The fourth-order valence-corrected chi connectivity index (χ4v) is 3.51. The lowest BCUT2D eigenvalue weighted by atomic mass is 10.0. The lowest BCUT2D eigenvalue weighted by Gasteiger charge is -2.13. The summed E-state index contributed by atoms with van der Waals surface area (Å²) in [4.78, 5) is 47.8. The van der Waals surface area contributed by atoms with E-state index in [9.17, 15) is 19.2 Å². The molecular weight excluding hydrogens is 368 g/mol. The molecule has 0 atom stereocenters. The van der Waals surface area contributed by atoms with Crippen LogP contribution in [0.15, 0.2) is 42.5 Å². The summed E-state index contributed by atoms with van der Waals surface area (Å²) in [6.45, 7) is -0.168. The van der Waals surface area contributed by atoms with Crippen molar-refractivity contribution >= 4 is 45.6 Å². The molecule has 1 aliphatic rings. The molecule has 3 rings (SSSR count). The Morgan fingerprint density at radius 1 is 1.11 bits per heavy atom. The molecule has 0 aromatic heterocycles. The van der Waals surface area contributed by atoms with Crippen LogP contribution >= 0.6 is 11.8 Å². The van der Waals surface area contributed by atoms with Crippen molar-refractivity contribution in [3.8, 4) is 0 Å². The highest BCUT2D eigenvalue weighted by atomic mass is 32.2. The third-order valence-corrected chi connectivity index (χ3v) is 4.94. The first-order valence-corrected chi connectivity index (χ1v) is 9.39. The van der Waals surface area contributed by atoms with Gasteiger partial charge < -0.3 is 10.1 Å². The Morgan fingerprint density at radius 3 is 2.67 bits per heavy atom. The van der Waals surface area contributed by atoms with Crippen LogP contribution in [0.5, 0.6) is 0 Å². The molecule has 1 N–H and O–H groups in total. The molecule has 0 aliphatic carbocycles. The van der Waals surface area contributed by atoms with Gasteiger partial charge in [0.1, 0.15) is 0 Å². The molecule has 0 saturated carbocycles. The Balaban J connectivity index is 1.43. The maximum atomic E-state index is 12.0. The Bertz CT molecular complexity index is 877. The van der Waals surface area contributed by atoms with Gasteiger partial charge >= 0.3 is 5.97 Å². The van der Waals surface area contributed by atoms with Crippen LogP contribution in [0, 0.1) is 0 Å². The normalized spacial score (nSPS) is 13.9. The Kier molecular flexibility index (Phi) is 6.08. The molecular formula is C19H18N2O5S. The molecule has 2 aromatic rings. The molecule has 0 radical (unpaired) electrons. The highest BCUT2D eigenvalue weighted by molar-refractivity contribution is 8.14. The summed E-state index contributed by atoms with van der Waals surface area (Å²) in [5, 5.41) is 4.22. The van der Waals surface area contributed by atoms with Crippen LogP contribution < -0.4 is 5.32 Å². The second-order valence-electron chi connectivity index (χ2n) is 5.93. The summed E-state index contributed by atoms with van der Waals surface area (Å²) < 4.78 is 5.02. The van der Waals surface area contributed by atoms with Crippen molar-refractivity contribution in [2.75, 3.05) is 25.4 Å². The molecule has 27 heavy (non-hydrogen) atoms. The highest BCUT2D eigenvalue weighted by Crippen LogP contribution is 2.19. The fraction of sp³-hybridized carbons (Fsp3) is 0.263. The minimum atomic E-state index is -0.497. The van der Waals surface area contributed by atoms with Crippen LogP contribution in [0.1, 0.15) is 5.56 Å². The zero-order chi connectivity index (χ0) is 19.2. The maximum Gasteiger partial charge on any atom is 0.310 e. The Labute approximate surface area is 160 Å². The monoisotopic (exact) mass is 386 g/mol. The van der Waals surface area contributed by atoms with E-state index in [0.717, 1.165) is 33.0 Å². The van der Waals surface area contributed by atoms with E-state index in [-0.39, 0.29) is 36.4 Å². The van der Waals surface area contributed by atoms with Crippen molar-refractivity contribution in [3.05, 3.63) is 48.0 Å². The van der Waals surface area contributed by atoms with Crippen molar-refractivity contribution in [2.45, 2.75) is 6.42 Å². The number of hydrogen-bond acceptors (Lipinski definition) is 6. The van der Waals surface area contributed by atoms with Crippen LogP contribution in [-0.4, -0.2) is 53.4 Å². The van der Waals surface area contributed by atoms with E-state index < -0.39 is 18.5 Å². The third-order valence-electron chi connectivity index (χ3n) is 4.08. The van der Waals surface area contributed by atoms with Crippen LogP contribution in [0.25, 0.3) is 10.8 Å². The molecule has 1 aliphatic heterocycles. The zero-order valence-electron chi connectivity index (χ0n) is 14.5. The van der Waals surface area contributed by atoms with Gasteiger partial charge in [-0.05, 0) is 16.3 Å². The van der Waals surface area contributed by atoms with Gasteiger partial charge in [0, 0.05) is 13.1 Å². The number of fused-ring (bicyclic) bond motifs is 1. The number of nitrogens with zero attached hydrogens (tertiary/aromatic N) is 1. The number of benzene rings is 2. The van der Waals surface area contributed by atoms with E-state index in [1.54, 1.807) is 0 Å². The van der Waals surface area contributed by atoms with Gasteiger partial charge in [-0.3, -0.25) is 24.1 Å². The number of carbonyl (C=O) groups excluding carboxylic acids is 4. The van der Waals surface area contributed by atoms with Crippen LogP contribution in [0.3, 0.4) is 0 Å². The second kappa shape index (κ2) is 8.68. The number of esters is 1. The summed E-state index contributed by atoms with van der Waals surface area (Å²) in [6.07, 6.45) is 0.0721. The van der Waals surface area contributed by atoms with E-state index in [0.29, 0.717) is 0 Å². The summed E-state index contributed by atoms with van der Waals surface area (Å²) in [5.74, 6) is -1.10. The van der Waals surface area contributed by atoms with Crippen molar-refractivity contribution in [1.82, 2.24) is 10.2 Å². The predicted octanol–water partition coefficient (Wildman–Crippen LogP) is 1.74. The number of thioether (sulfide) groups is 1. The van der Waals surface area contributed by atoms with Gasteiger partial charge in [0.15, 0.2) is 6.61 Å². The van der Waals surface area contributed by atoms with Crippen molar-refractivity contribution in [2.24, 2.45) is 0 Å². The molecule has 2 aromatic carbocycles. The molecule has 1 fully saturated rings. The lowest BCUT2D eigenvalue weighted by molar-refractivity contribution is -0.147. The fourth-order valence-electron chi connectivity index (χ4n) is 2.75. The Hall–Kier alpha value is -2.87. The van der Waals surface area contributed by atoms with Gasteiger partial charge in [-0.25, -0.2) is 0 Å². The zero-order valence-corrected chi connectivity index (χ0v) is 15.3. The first-order valence-electron chi connectivity index (χ1n) is 8.40. The summed E-state index contributed by atoms with van der Waals surface area (Å²) in [7, 11) is 0. The standard InChI is InChI=1S/C19H18N2O5S/c22-16(20-8-9-21-17(23)12-27-19(21)25)11-26-18(24)10-14-6-3-5-13-4-1-2-7-15(13)14/h1-7H,8-12H2,(H,20,22). The van der Waals surface area contributed by atoms with Crippen molar-refractivity contribution in [3.63, 3.8) is 0 Å². The number of ether oxygens (including phenoxy) is 1. The summed E-state index contributed by atoms with van der Waals surface area (Å²) in [6, 6.07) is 13.4. The predicted molar refractivity (Wildman–Crippen MR) is 101 cm³/mol. The third kappa shape index (κ3) is 4.85. The van der Waals surface area contributed by atoms with Gasteiger partial charge in [-0.2, -0.15) is 0 Å². The van der Waals surface area contributed by atoms with Crippen LogP contribution in [0.2, 0.25) is 0 Å². The van der Waals surface area contributed by atoms with Gasteiger partial charge in [0.05, 0.1) is 12.2 Å². The molecule has 3 amide bonds. The van der Waals surface area contributed by atoms with E-state index in [1.165, 1.54) is 0 Å². The van der Waals surface area contributed by atoms with Gasteiger partial charge in [-0.1, -0.05) is 54.2 Å². The average Bonchev–Trinajstić information content (AvgIpc) is 2.99.